The third-order valence-electron chi connectivity index (χ3n) is 4.09. The van der Waals surface area contributed by atoms with Gasteiger partial charge in [0.05, 0.1) is 12.3 Å². The monoisotopic (exact) mass is 414 g/mol. The van der Waals surface area contributed by atoms with E-state index in [4.69, 9.17) is 21.1 Å². The van der Waals surface area contributed by atoms with Gasteiger partial charge in [-0.15, -0.1) is 0 Å². The van der Waals surface area contributed by atoms with Gasteiger partial charge in [-0.05, 0) is 43.3 Å². The normalized spacial score (nSPS) is 18.0. The van der Waals surface area contributed by atoms with Gasteiger partial charge in [0.1, 0.15) is 11.6 Å². The Kier molecular flexibility index (Phi) is 5.11. The number of nitrogens with zero attached hydrogens (tertiary/aromatic N) is 2. The van der Waals surface area contributed by atoms with E-state index in [1.165, 1.54) is 11.8 Å². The number of para-hydroxylation sites is 1. The van der Waals surface area contributed by atoms with Crippen LogP contribution in [0.3, 0.4) is 0 Å². The Morgan fingerprint density at radius 3 is 2.71 bits per heavy atom. The third-order valence-corrected chi connectivity index (χ3v) is 5.51. The molecule has 4 rings (SSSR count). The summed E-state index contributed by atoms with van der Waals surface area (Å²) < 4.78 is 10.4. The summed E-state index contributed by atoms with van der Waals surface area (Å²) in [5.41, 5.74) is 1.63. The van der Waals surface area contributed by atoms with Crippen molar-refractivity contribution in [2.45, 2.75) is 11.8 Å². The van der Waals surface area contributed by atoms with Crippen molar-refractivity contribution >= 4 is 46.9 Å². The number of thioether (sulfide) groups is 1. The number of esters is 2. The van der Waals surface area contributed by atoms with Crippen LogP contribution in [0.15, 0.2) is 69.1 Å². The van der Waals surface area contributed by atoms with Crippen LogP contribution in [-0.2, 0) is 19.1 Å². The Bertz CT molecular complexity index is 1020. The molecular weight excluding hydrogens is 400 g/mol. The van der Waals surface area contributed by atoms with Crippen molar-refractivity contribution in [3.8, 4) is 0 Å². The quantitative estimate of drug-likeness (QED) is 0.556. The molecule has 0 saturated carbocycles. The molecule has 2 aromatic carbocycles. The van der Waals surface area contributed by atoms with Crippen LogP contribution < -0.4 is 4.90 Å². The Morgan fingerprint density at radius 1 is 1.21 bits per heavy atom. The number of ether oxygens (including phenoxy) is 2. The van der Waals surface area contributed by atoms with Crippen LogP contribution in [0.25, 0.3) is 0 Å². The summed E-state index contributed by atoms with van der Waals surface area (Å²) in [5, 5.41) is 1.12. The van der Waals surface area contributed by atoms with E-state index in [0.29, 0.717) is 15.6 Å². The molecule has 2 aliphatic heterocycles. The van der Waals surface area contributed by atoms with Crippen molar-refractivity contribution in [1.29, 1.82) is 0 Å². The minimum absolute atomic E-state index is 0.0181. The van der Waals surface area contributed by atoms with Crippen LogP contribution in [0.4, 0.5) is 5.69 Å². The van der Waals surface area contributed by atoms with E-state index in [0.717, 1.165) is 10.6 Å². The predicted octanol–water partition coefficient (Wildman–Crippen LogP) is 3.99. The zero-order valence-corrected chi connectivity index (χ0v) is 16.4. The number of halogens is 1. The summed E-state index contributed by atoms with van der Waals surface area (Å²) in [4.78, 5) is 31.7. The van der Waals surface area contributed by atoms with Crippen molar-refractivity contribution in [2.75, 3.05) is 18.1 Å². The topological polar surface area (TPSA) is 68.2 Å². The Labute approximate surface area is 170 Å². The van der Waals surface area contributed by atoms with Gasteiger partial charge in [0, 0.05) is 15.5 Å². The highest BCUT2D eigenvalue weighted by atomic mass is 35.5. The van der Waals surface area contributed by atoms with Gasteiger partial charge >= 0.3 is 11.9 Å². The number of benzene rings is 2. The second-order valence-electron chi connectivity index (χ2n) is 5.93. The first-order valence-electron chi connectivity index (χ1n) is 8.58. The van der Waals surface area contributed by atoms with Crippen molar-refractivity contribution in [1.82, 2.24) is 0 Å². The number of cyclic esters (lactones) is 1. The molecule has 0 N–H and O–H groups in total. The number of carbonyl (C=O) groups excluding carboxylic acids is 2. The molecule has 0 saturated heterocycles. The van der Waals surface area contributed by atoms with Crippen LogP contribution >= 0.6 is 23.4 Å². The van der Waals surface area contributed by atoms with Crippen LogP contribution in [-0.4, -0.2) is 31.0 Å². The van der Waals surface area contributed by atoms with Crippen molar-refractivity contribution in [2.24, 2.45) is 4.99 Å². The van der Waals surface area contributed by atoms with Gasteiger partial charge in [0.2, 0.25) is 5.90 Å². The lowest BCUT2D eigenvalue weighted by Crippen LogP contribution is -2.28. The first kappa shape index (κ1) is 18.6. The molecule has 2 aromatic rings. The lowest BCUT2D eigenvalue weighted by atomic mass is 10.2. The molecule has 0 unspecified atom stereocenters. The Morgan fingerprint density at radius 2 is 1.96 bits per heavy atom. The number of carbonyl (C=O) groups is 2. The van der Waals surface area contributed by atoms with Crippen LogP contribution in [0.1, 0.15) is 12.5 Å². The number of fused-ring (bicyclic) bond motifs is 1. The summed E-state index contributed by atoms with van der Waals surface area (Å²) in [6.07, 6.45) is 0. The molecule has 8 heteroatoms. The van der Waals surface area contributed by atoms with Gasteiger partial charge in [-0.2, -0.15) is 0 Å². The number of hydrogen-bond acceptors (Lipinski definition) is 7. The summed E-state index contributed by atoms with van der Waals surface area (Å²) in [6, 6.07) is 14.5. The highest BCUT2D eigenvalue weighted by molar-refractivity contribution is 8.03. The summed E-state index contributed by atoms with van der Waals surface area (Å²) in [6.45, 7) is 2.02. The van der Waals surface area contributed by atoms with Crippen molar-refractivity contribution in [3.05, 3.63) is 69.8 Å². The summed E-state index contributed by atoms with van der Waals surface area (Å²) >= 11 is 7.29. The van der Waals surface area contributed by atoms with E-state index in [-0.39, 0.29) is 30.7 Å². The standard InChI is InChI=1S/C20H15ClN2O4S/c1-2-26-16(24)11-23-14-5-3-4-6-15(14)28-19(23)17-20(25)27-18(22-17)12-7-9-13(21)10-8-12/h3-10H,2,11H2,1H3/b19-17-. The van der Waals surface area contributed by atoms with Crippen molar-refractivity contribution in [3.63, 3.8) is 0 Å². The fourth-order valence-corrected chi connectivity index (χ4v) is 4.12. The molecule has 28 heavy (non-hydrogen) atoms. The first-order valence-corrected chi connectivity index (χ1v) is 9.77. The summed E-state index contributed by atoms with van der Waals surface area (Å²) in [7, 11) is 0. The van der Waals surface area contributed by atoms with Gasteiger partial charge in [0.25, 0.3) is 0 Å². The zero-order chi connectivity index (χ0) is 19.7. The van der Waals surface area contributed by atoms with E-state index in [2.05, 4.69) is 4.99 Å². The van der Waals surface area contributed by atoms with E-state index < -0.39 is 5.97 Å². The molecule has 142 valence electrons. The van der Waals surface area contributed by atoms with Gasteiger partial charge in [0.15, 0.2) is 5.70 Å². The van der Waals surface area contributed by atoms with Gasteiger partial charge < -0.3 is 14.4 Å². The molecule has 0 atom stereocenters. The van der Waals surface area contributed by atoms with Crippen LogP contribution in [0.5, 0.6) is 0 Å². The lowest BCUT2D eigenvalue weighted by Gasteiger charge is -2.19. The minimum Gasteiger partial charge on any atom is -0.465 e. The second kappa shape index (κ2) is 7.69. The van der Waals surface area contributed by atoms with E-state index in [9.17, 15) is 9.59 Å². The van der Waals surface area contributed by atoms with Gasteiger partial charge in [-0.25, -0.2) is 9.79 Å². The molecule has 0 spiro atoms. The fraction of sp³-hybridized carbons (Fsp3) is 0.150. The smallest absolute Gasteiger partial charge is 0.366 e. The number of aliphatic imine (C=N–C) groups is 1. The lowest BCUT2D eigenvalue weighted by molar-refractivity contribution is -0.141. The highest BCUT2D eigenvalue weighted by Gasteiger charge is 2.36. The fourth-order valence-electron chi connectivity index (χ4n) is 2.86. The van der Waals surface area contributed by atoms with Gasteiger partial charge in [-0.3, -0.25) is 4.79 Å². The average Bonchev–Trinajstić information content (AvgIpc) is 3.23. The van der Waals surface area contributed by atoms with Gasteiger partial charge in [-0.1, -0.05) is 35.5 Å². The first-order chi connectivity index (χ1) is 13.6. The maximum atomic E-state index is 12.5. The number of anilines is 1. The third kappa shape index (κ3) is 3.50. The van der Waals surface area contributed by atoms with Crippen molar-refractivity contribution < 1.29 is 19.1 Å². The zero-order valence-electron chi connectivity index (χ0n) is 14.8. The van der Waals surface area contributed by atoms with E-state index in [1.54, 1.807) is 36.1 Å². The molecule has 0 aliphatic carbocycles. The maximum Gasteiger partial charge on any atom is 0.366 e. The van der Waals surface area contributed by atoms with E-state index >= 15 is 0 Å². The summed E-state index contributed by atoms with van der Waals surface area (Å²) in [5.74, 6) is -0.739. The number of rotatable bonds is 4. The predicted molar refractivity (Wildman–Crippen MR) is 107 cm³/mol. The van der Waals surface area contributed by atoms with E-state index in [1.807, 2.05) is 24.3 Å². The molecule has 0 aromatic heterocycles. The average molecular weight is 415 g/mol. The largest absolute Gasteiger partial charge is 0.465 e. The van der Waals surface area contributed by atoms with Crippen LogP contribution in [0.2, 0.25) is 5.02 Å². The Hall–Kier alpha value is -2.77. The molecule has 0 bridgehead atoms. The molecule has 0 amide bonds. The molecule has 0 radical (unpaired) electrons. The molecular formula is C20H15ClN2O4S. The number of hydrogen-bond donors (Lipinski definition) is 0. The SMILES string of the molecule is CCOC(=O)CN1/C(=C2/N=C(c3ccc(Cl)cc3)OC2=O)Sc2ccccc21. The molecule has 0 fully saturated rings. The molecule has 2 aliphatic rings. The molecule has 2 heterocycles. The highest BCUT2D eigenvalue weighted by Crippen LogP contribution is 2.47. The minimum atomic E-state index is -0.561. The molecule has 6 nitrogen and oxygen atoms in total. The van der Waals surface area contributed by atoms with Crippen LogP contribution in [0, 0.1) is 0 Å². The Balaban J connectivity index is 1.74. The maximum absolute atomic E-state index is 12.5. The second-order valence-corrected chi connectivity index (χ2v) is 7.40.